The number of rotatable bonds is 4. The van der Waals surface area contributed by atoms with Gasteiger partial charge in [0.15, 0.2) is 0 Å². The van der Waals surface area contributed by atoms with Crippen LogP contribution in [0.5, 0.6) is 0 Å². The third kappa shape index (κ3) is 2.91. The van der Waals surface area contributed by atoms with Crippen LogP contribution in [0.4, 0.5) is 0 Å². The van der Waals surface area contributed by atoms with Crippen LogP contribution in [0.1, 0.15) is 28.3 Å². The summed E-state index contributed by atoms with van der Waals surface area (Å²) in [7, 11) is 0. The molecule has 3 heteroatoms. The number of hydrogen-bond donors (Lipinski definition) is 1. The molecule has 0 fully saturated rings. The standard InChI is InChI=1S/C18H18BrNS/c1-3-20-18(17-11-8-12(2)21-17)15-9-10-16(19)14-7-5-4-6-13(14)15/h4-11,18,20H,3H2,1-2H3. The van der Waals surface area contributed by atoms with Gasteiger partial charge in [-0.05, 0) is 48.0 Å². The lowest BCUT2D eigenvalue weighted by Crippen LogP contribution is -2.21. The minimum atomic E-state index is 0.256. The minimum Gasteiger partial charge on any atom is -0.306 e. The van der Waals surface area contributed by atoms with Gasteiger partial charge in [-0.1, -0.05) is 53.2 Å². The van der Waals surface area contributed by atoms with E-state index in [0.29, 0.717) is 0 Å². The molecule has 0 aliphatic carbocycles. The average Bonchev–Trinajstić information content (AvgIpc) is 2.92. The maximum absolute atomic E-state index is 3.66. The highest BCUT2D eigenvalue weighted by atomic mass is 79.9. The number of halogens is 1. The van der Waals surface area contributed by atoms with Gasteiger partial charge in [0.2, 0.25) is 0 Å². The monoisotopic (exact) mass is 359 g/mol. The molecular weight excluding hydrogens is 342 g/mol. The van der Waals surface area contributed by atoms with Crippen LogP contribution in [0, 0.1) is 6.92 Å². The number of fused-ring (bicyclic) bond motifs is 1. The first-order valence-corrected chi connectivity index (χ1v) is 8.78. The summed E-state index contributed by atoms with van der Waals surface area (Å²) in [6.07, 6.45) is 0. The summed E-state index contributed by atoms with van der Waals surface area (Å²) in [5.41, 5.74) is 1.34. The second-order valence-electron chi connectivity index (χ2n) is 5.12. The molecule has 0 saturated carbocycles. The summed E-state index contributed by atoms with van der Waals surface area (Å²) in [6.45, 7) is 5.28. The van der Waals surface area contributed by atoms with Gasteiger partial charge < -0.3 is 5.32 Å². The van der Waals surface area contributed by atoms with Crippen LogP contribution in [0.3, 0.4) is 0 Å². The van der Waals surface area contributed by atoms with Crippen LogP contribution in [0.25, 0.3) is 10.8 Å². The predicted molar refractivity (Wildman–Crippen MR) is 96.2 cm³/mol. The topological polar surface area (TPSA) is 12.0 Å². The van der Waals surface area contributed by atoms with Crippen LogP contribution < -0.4 is 5.32 Å². The van der Waals surface area contributed by atoms with Gasteiger partial charge in [-0.3, -0.25) is 0 Å². The lowest BCUT2D eigenvalue weighted by Gasteiger charge is -2.19. The fourth-order valence-corrected chi connectivity index (χ4v) is 4.16. The summed E-state index contributed by atoms with van der Waals surface area (Å²) in [6, 6.07) is 17.7. The summed E-state index contributed by atoms with van der Waals surface area (Å²) in [5.74, 6) is 0. The van der Waals surface area contributed by atoms with Gasteiger partial charge in [-0.2, -0.15) is 0 Å². The Morgan fingerprint density at radius 2 is 1.81 bits per heavy atom. The Hall–Kier alpha value is -1.16. The second kappa shape index (κ2) is 6.30. The highest BCUT2D eigenvalue weighted by Gasteiger charge is 2.17. The predicted octanol–water partition coefficient (Wildman–Crippen LogP) is 5.67. The normalized spacial score (nSPS) is 12.7. The van der Waals surface area contributed by atoms with Crippen molar-refractivity contribution in [2.24, 2.45) is 0 Å². The molecule has 0 amide bonds. The molecular formula is C18H18BrNS. The van der Waals surface area contributed by atoms with Crippen molar-refractivity contribution in [2.45, 2.75) is 19.9 Å². The van der Waals surface area contributed by atoms with Crippen molar-refractivity contribution in [1.82, 2.24) is 5.32 Å². The third-order valence-corrected chi connectivity index (χ3v) is 5.43. The van der Waals surface area contributed by atoms with Crippen molar-refractivity contribution < 1.29 is 0 Å². The van der Waals surface area contributed by atoms with E-state index in [2.05, 4.69) is 83.6 Å². The summed E-state index contributed by atoms with van der Waals surface area (Å²) in [4.78, 5) is 2.73. The molecule has 108 valence electrons. The molecule has 0 aliphatic heterocycles. The van der Waals surface area contributed by atoms with Crippen LogP contribution in [0.2, 0.25) is 0 Å². The molecule has 0 aliphatic rings. The Labute approximate surface area is 138 Å². The van der Waals surface area contributed by atoms with Gasteiger partial charge in [-0.15, -0.1) is 11.3 Å². The van der Waals surface area contributed by atoms with E-state index >= 15 is 0 Å². The highest BCUT2D eigenvalue weighted by Crippen LogP contribution is 2.35. The maximum Gasteiger partial charge on any atom is 0.0677 e. The number of thiophene rings is 1. The highest BCUT2D eigenvalue weighted by molar-refractivity contribution is 9.10. The molecule has 0 bridgehead atoms. The number of hydrogen-bond acceptors (Lipinski definition) is 2. The average molecular weight is 360 g/mol. The van der Waals surface area contributed by atoms with Gasteiger partial charge >= 0.3 is 0 Å². The fraction of sp³-hybridized carbons (Fsp3) is 0.222. The van der Waals surface area contributed by atoms with Crippen molar-refractivity contribution in [3.05, 3.63) is 68.3 Å². The van der Waals surface area contributed by atoms with E-state index in [1.165, 1.54) is 26.1 Å². The van der Waals surface area contributed by atoms with E-state index in [0.717, 1.165) is 11.0 Å². The van der Waals surface area contributed by atoms with Crippen LogP contribution >= 0.6 is 27.3 Å². The number of aryl methyl sites for hydroxylation is 1. The van der Waals surface area contributed by atoms with Gasteiger partial charge in [0.25, 0.3) is 0 Å². The molecule has 1 unspecified atom stereocenters. The smallest absolute Gasteiger partial charge is 0.0677 e. The van der Waals surface area contributed by atoms with Crippen LogP contribution in [-0.2, 0) is 0 Å². The first kappa shape index (κ1) is 14.8. The van der Waals surface area contributed by atoms with E-state index in [-0.39, 0.29) is 6.04 Å². The Bertz CT molecular complexity index is 763. The molecule has 1 aromatic heterocycles. The van der Waals surface area contributed by atoms with E-state index in [1.54, 1.807) is 0 Å². The molecule has 21 heavy (non-hydrogen) atoms. The van der Waals surface area contributed by atoms with E-state index in [4.69, 9.17) is 0 Å². The summed E-state index contributed by atoms with van der Waals surface area (Å²) < 4.78 is 1.15. The summed E-state index contributed by atoms with van der Waals surface area (Å²) in [5, 5.41) is 6.21. The Balaban J connectivity index is 2.18. The molecule has 2 aromatic carbocycles. The van der Waals surface area contributed by atoms with Crippen LogP contribution in [-0.4, -0.2) is 6.54 Å². The van der Waals surface area contributed by atoms with Crippen molar-refractivity contribution in [1.29, 1.82) is 0 Å². The van der Waals surface area contributed by atoms with Gasteiger partial charge in [0.05, 0.1) is 6.04 Å². The van der Waals surface area contributed by atoms with Gasteiger partial charge in [0.1, 0.15) is 0 Å². The van der Waals surface area contributed by atoms with E-state index in [1.807, 2.05) is 11.3 Å². The molecule has 1 N–H and O–H groups in total. The zero-order chi connectivity index (χ0) is 14.8. The van der Waals surface area contributed by atoms with Crippen LogP contribution in [0.15, 0.2) is 53.0 Å². The van der Waals surface area contributed by atoms with Crippen molar-refractivity contribution in [3.8, 4) is 0 Å². The summed E-state index contributed by atoms with van der Waals surface area (Å²) >= 11 is 5.53. The van der Waals surface area contributed by atoms with Crippen molar-refractivity contribution in [3.63, 3.8) is 0 Å². The van der Waals surface area contributed by atoms with E-state index < -0.39 is 0 Å². The zero-order valence-electron chi connectivity index (χ0n) is 12.2. The van der Waals surface area contributed by atoms with E-state index in [9.17, 15) is 0 Å². The number of nitrogens with one attached hydrogen (secondary N) is 1. The van der Waals surface area contributed by atoms with Gasteiger partial charge in [-0.25, -0.2) is 0 Å². The molecule has 1 atom stereocenters. The van der Waals surface area contributed by atoms with Crippen molar-refractivity contribution >= 4 is 38.0 Å². The molecule has 3 rings (SSSR count). The quantitative estimate of drug-likeness (QED) is 0.632. The second-order valence-corrected chi connectivity index (χ2v) is 7.30. The third-order valence-electron chi connectivity index (χ3n) is 3.67. The molecule has 1 heterocycles. The molecule has 0 radical (unpaired) electrons. The largest absolute Gasteiger partial charge is 0.306 e. The number of benzene rings is 2. The van der Waals surface area contributed by atoms with Gasteiger partial charge in [0, 0.05) is 14.2 Å². The molecule has 0 saturated heterocycles. The SMILES string of the molecule is CCNC(c1ccc(C)s1)c1ccc(Br)c2ccccc12. The lowest BCUT2D eigenvalue weighted by atomic mass is 9.97. The first-order valence-electron chi connectivity index (χ1n) is 7.17. The Kier molecular flexibility index (Phi) is 4.43. The minimum absolute atomic E-state index is 0.256. The molecule has 3 aromatic rings. The first-order chi connectivity index (χ1) is 10.2. The molecule has 0 spiro atoms. The molecule has 1 nitrogen and oxygen atoms in total. The maximum atomic E-state index is 3.66. The lowest BCUT2D eigenvalue weighted by molar-refractivity contribution is 0.643. The fourth-order valence-electron chi connectivity index (χ4n) is 2.71. The Morgan fingerprint density at radius 1 is 1.05 bits per heavy atom. The zero-order valence-corrected chi connectivity index (χ0v) is 14.6. The Morgan fingerprint density at radius 3 is 2.48 bits per heavy atom. The van der Waals surface area contributed by atoms with Crippen molar-refractivity contribution in [2.75, 3.05) is 6.54 Å².